The number of ketones is 1. The quantitative estimate of drug-likeness (QED) is 0.676. The molecule has 0 saturated carbocycles. The highest BCUT2D eigenvalue weighted by Gasteiger charge is 2.19. The molecule has 0 amide bonds. The molecule has 0 bridgehead atoms. The molecule has 1 heterocycles. The molecule has 2 heteroatoms. The van der Waals surface area contributed by atoms with Gasteiger partial charge in [-0.2, -0.15) is 0 Å². The second kappa shape index (κ2) is 4.05. The highest BCUT2D eigenvalue weighted by atomic mass is 32.1. The molecule has 0 aliphatic carbocycles. The van der Waals surface area contributed by atoms with Crippen LogP contribution >= 0.6 is 11.3 Å². The minimum atomic E-state index is 0.137. The minimum Gasteiger partial charge on any atom is -0.293 e. The average Bonchev–Trinajstić information content (AvgIpc) is 2.49. The van der Waals surface area contributed by atoms with Crippen LogP contribution in [0, 0.1) is 18.8 Å². The number of rotatable bonds is 3. The Morgan fingerprint density at radius 3 is 2.31 bits per heavy atom. The minimum absolute atomic E-state index is 0.137. The second-order valence-corrected chi connectivity index (χ2v) is 5.10. The molecule has 1 aromatic heterocycles. The molecule has 0 aliphatic rings. The Balaban J connectivity index is 2.79. The molecule has 1 aromatic rings. The molecule has 0 radical (unpaired) electrons. The van der Waals surface area contributed by atoms with Crippen LogP contribution in [0.2, 0.25) is 0 Å². The summed E-state index contributed by atoms with van der Waals surface area (Å²) in [4.78, 5) is 13.9. The zero-order valence-corrected chi connectivity index (χ0v) is 9.44. The van der Waals surface area contributed by atoms with Crippen LogP contribution in [0.4, 0.5) is 0 Å². The molecule has 0 aromatic carbocycles. The van der Waals surface area contributed by atoms with Crippen LogP contribution in [0.1, 0.15) is 35.3 Å². The molecule has 0 spiro atoms. The van der Waals surface area contributed by atoms with Crippen molar-refractivity contribution < 1.29 is 4.79 Å². The lowest BCUT2D eigenvalue weighted by molar-refractivity contribution is 0.0904. The standard InChI is InChI=1S/C11H16OS/c1-7(2)9(4)11(12)10-6-5-8(3)13-10/h5-7,9H,1-4H3. The SMILES string of the molecule is Cc1ccc(C(=O)C(C)C(C)C)s1. The molecule has 0 fully saturated rings. The first-order valence-corrected chi connectivity index (χ1v) is 5.44. The predicted molar refractivity (Wildman–Crippen MR) is 57.4 cm³/mol. The number of carbonyl (C=O) groups is 1. The zero-order valence-electron chi connectivity index (χ0n) is 8.63. The van der Waals surface area contributed by atoms with Crippen LogP contribution in [0.3, 0.4) is 0 Å². The molecule has 1 unspecified atom stereocenters. The average molecular weight is 196 g/mol. The summed E-state index contributed by atoms with van der Waals surface area (Å²) in [5.74, 6) is 0.848. The largest absolute Gasteiger partial charge is 0.293 e. The third-order valence-electron chi connectivity index (χ3n) is 2.40. The summed E-state index contributed by atoms with van der Waals surface area (Å²) in [5, 5.41) is 0. The molecule has 1 atom stereocenters. The lowest BCUT2D eigenvalue weighted by Gasteiger charge is -2.12. The highest BCUT2D eigenvalue weighted by Crippen LogP contribution is 2.22. The Labute approximate surface area is 83.8 Å². The van der Waals surface area contributed by atoms with Gasteiger partial charge in [-0.15, -0.1) is 11.3 Å². The summed E-state index contributed by atoms with van der Waals surface area (Å²) in [6.07, 6.45) is 0. The fourth-order valence-electron chi connectivity index (χ4n) is 1.09. The van der Waals surface area contributed by atoms with Gasteiger partial charge in [0.1, 0.15) is 0 Å². The first-order chi connectivity index (χ1) is 6.02. The molecule has 13 heavy (non-hydrogen) atoms. The van der Waals surface area contributed by atoms with Crippen LogP contribution in [-0.2, 0) is 0 Å². The number of thiophene rings is 1. The molecular formula is C11H16OS. The number of aryl methyl sites for hydroxylation is 1. The molecular weight excluding hydrogens is 180 g/mol. The maximum atomic E-state index is 11.8. The van der Waals surface area contributed by atoms with Gasteiger partial charge in [0.05, 0.1) is 4.88 Å². The number of carbonyl (C=O) groups excluding carboxylic acids is 1. The third-order valence-corrected chi connectivity index (χ3v) is 3.41. The first-order valence-electron chi connectivity index (χ1n) is 4.63. The smallest absolute Gasteiger partial charge is 0.175 e. The Kier molecular flexibility index (Phi) is 3.26. The van der Waals surface area contributed by atoms with E-state index in [9.17, 15) is 4.79 Å². The van der Waals surface area contributed by atoms with Crippen molar-refractivity contribution in [2.45, 2.75) is 27.7 Å². The van der Waals surface area contributed by atoms with Gasteiger partial charge in [0.25, 0.3) is 0 Å². The van der Waals surface area contributed by atoms with Crippen LogP contribution in [0.25, 0.3) is 0 Å². The Morgan fingerprint density at radius 1 is 1.31 bits per heavy atom. The van der Waals surface area contributed by atoms with E-state index in [2.05, 4.69) is 13.8 Å². The van der Waals surface area contributed by atoms with Gasteiger partial charge in [-0.1, -0.05) is 20.8 Å². The molecule has 1 rings (SSSR count). The van der Waals surface area contributed by atoms with Crippen molar-refractivity contribution in [3.05, 3.63) is 21.9 Å². The maximum Gasteiger partial charge on any atom is 0.175 e. The normalized spacial score (nSPS) is 13.3. The maximum absolute atomic E-state index is 11.8. The van der Waals surface area contributed by atoms with Gasteiger partial charge in [-0.3, -0.25) is 4.79 Å². The molecule has 0 N–H and O–H groups in total. The number of Topliss-reactive ketones (excluding diaryl/α,β-unsaturated/α-hetero) is 1. The van der Waals surface area contributed by atoms with Crippen LogP contribution in [0.5, 0.6) is 0 Å². The molecule has 1 nitrogen and oxygen atoms in total. The monoisotopic (exact) mass is 196 g/mol. The lowest BCUT2D eigenvalue weighted by Crippen LogP contribution is -2.15. The molecule has 0 saturated heterocycles. The van der Waals surface area contributed by atoms with Crippen molar-refractivity contribution in [2.75, 3.05) is 0 Å². The fourth-order valence-corrected chi connectivity index (χ4v) is 2.00. The van der Waals surface area contributed by atoms with Gasteiger partial charge in [-0.05, 0) is 25.0 Å². The van der Waals surface area contributed by atoms with E-state index in [4.69, 9.17) is 0 Å². The van der Waals surface area contributed by atoms with E-state index < -0.39 is 0 Å². The lowest BCUT2D eigenvalue weighted by atomic mass is 9.93. The summed E-state index contributed by atoms with van der Waals surface area (Å²) >= 11 is 1.59. The van der Waals surface area contributed by atoms with Gasteiger partial charge in [0.2, 0.25) is 0 Å². The fraction of sp³-hybridized carbons (Fsp3) is 0.545. The molecule has 72 valence electrons. The van der Waals surface area contributed by atoms with E-state index in [0.717, 1.165) is 4.88 Å². The van der Waals surface area contributed by atoms with Crippen molar-refractivity contribution in [1.29, 1.82) is 0 Å². The third kappa shape index (κ3) is 2.41. The predicted octanol–water partition coefficient (Wildman–Crippen LogP) is 3.53. The highest BCUT2D eigenvalue weighted by molar-refractivity contribution is 7.14. The van der Waals surface area contributed by atoms with E-state index in [0.29, 0.717) is 5.92 Å². The Hall–Kier alpha value is -0.630. The van der Waals surface area contributed by atoms with Gasteiger partial charge >= 0.3 is 0 Å². The zero-order chi connectivity index (χ0) is 10.0. The first kappa shape index (κ1) is 10.5. The van der Waals surface area contributed by atoms with Gasteiger partial charge in [0.15, 0.2) is 5.78 Å². The van der Waals surface area contributed by atoms with Crippen LogP contribution in [0.15, 0.2) is 12.1 Å². The van der Waals surface area contributed by atoms with Crippen molar-refractivity contribution >= 4 is 17.1 Å². The van der Waals surface area contributed by atoms with Crippen molar-refractivity contribution in [1.82, 2.24) is 0 Å². The van der Waals surface area contributed by atoms with Crippen LogP contribution in [-0.4, -0.2) is 5.78 Å². The topological polar surface area (TPSA) is 17.1 Å². The summed E-state index contributed by atoms with van der Waals surface area (Å²) in [6.45, 7) is 8.20. The van der Waals surface area contributed by atoms with E-state index in [1.165, 1.54) is 4.88 Å². The van der Waals surface area contributed by atoms with Gasteiger partial charge in [0, 0.05) is 10.8 Å². The van der Waals surface area contributed by atoms with Gasteiger partial charge in [-0.25, -0.2) is 0 Å². The summed E-state index contributed by atoms with van der Waals surface area (Å²) < 4.78 is 0. The van der Waals surface area contributed by atoms with E-state index >= 15 is 0 Å². The van der Waals surface area contributed by atoms with E-state index in [-0.39, 0.29) is 11.7 Å². The Bertz CT molecular complexity index is 299. The summed E-state index contributed by atoms with van der Waals surface area (Å²) in [5.41, 5.74) is 0. The number of hydrogen-bond acceptors (Lipinski definition) is 2. The van der Waals surface area contributed by atoms with E-state index in [1.54, 1.807) is 11.3 Å². The number of hydrogen-bond donors (Lipinski definition) is 0. The van der Waals surface area contributed by atoms with Crippen molar-refractivity contribution in [3.8, 4) is 0 Å². The Morgan fingerprint density at radius 2 is 1.92 bits per heavy atom. The van der Waals surface area contributed by atoms with Crippen molar-refractivity contribution in [2.24, 2.45) is 11.8 Å². The van der Waals surface area contributed by atoms with Crippen LogP contribution < -0.4 is 0 Å². The van der Waals surface area contributed by atoms with Crippen molar-refractivity contribution in [3.63, 3.8) is 0 Å². The summed E-state index contributed by atoms with van der Waals surface area (Å²) in [6, 6.07) is 3.94. The summed E-state index contributed by atoms with van der Waals surface area (Å²) in [7, 11) is 0. The molecule has 0 aliphatic heterocycles. The second-order valence-electron chi connectivity index (χ2n) is 3.81. The van der Waals surface area contributed by atoms with Gasteiger partial charge < -0.3 is 0 Å². The van der Waals surface area contributed by atoms with E-state index in [1.807, 2.05) is 26.0 Å².